The second-order valence-electron chi connectivity index (χ2n) is 6.54. The molecule has 1 unspecified atom stereocenters. The number of halogens is 1. The lowest BCUT2D eigenvalue weighted by Crippen LogP contribution is -2.31. The van der Waals surface area contributed by atoms with Gasteiger partial charge in [-0.2, -0.15) is 4.31 Å². The molecule has 2 aliphatic rings. The van der Waals surface area contributed by atoms with E-state index in [9.17, 15) is 13.2 Å². The molecule has 2 aliphatic heterocycles. The highest BCUT2D eigenvalue weighted by molar-refractivity contribution is 7.89. The number of hydrogen-bond donors (Lipinski definition) is 1. The van der Waals surface area contributed by atoms with Gasteiger partial charge < -0.3 is 5.32 Å². The number of pyridine rings is 1. The van der Waals surface area contributed by atoms with Crippen molar-refractivity contribution < 1.29 is 13.2 Å². The van der Waals surface area contributed by atoms with Crippen LogP contribution in [-0.4, -0.2) is 30.2 Å². The van der Waals surface area contributed by atoms with Gasteiger partial charge in [-0.1, -0.05) is 11.6 Å². The molecular formula is C18H18ClN3O3S. The van der Waals surface area contributed by atoms with Gasteiger partial charge in [-0.25, -0.2) is 8.42 Å². The minimum Gasteiger partial charge on any atom is -0.326 e. The highest BCUT2D eigenvalue weighted by Crippen LogP contribution is 2.40. The summed E-state index contributed by atoms with van der Waals surface area (Å²) in [6, 6.07) is 6.59. The van der Waals surface area contributed by atoms with Gasteiger partial charge >= 0.3 is 0 Å². The van der Waals surface area contributed by atoms with Crippen LogP contribution in [0.4, 0.5) is 5.69 Å². The number of anilines is 1. The predicted octanol–water partition coefficient (Wildman–Crippen LogP) is 3.15. The largest absolute Gasteiger partial charge is 0.326 e. The van der Waals surface area contributed by atoms with Crippen molar-refractivity contribution in [1.29, 1.82) is 0 Å². The summed E-state index contributed by atoms with van der Waals surface area (Å²) in [5, 5.41) is 2.94. The molecule has 1 fully saturated rings. The summed E-state index contributed by atoms with van der Waals surface area (Å²) in [4.78, 5) is 15.7. The molecule has 2 aromatic rings. The zero-order valence-corrected chi connectivity index (χ0v) is 15.6. The van der Waals surface area contributed by atoms with E-state index in [1.54, 1.807) is 18.5 Å². The molecule has 6 nitrogen and oxygen atoms in total. The van der Waals surface area contributed by atoms with Crippen LogP contribution in [-0.2, 0) is 21.2 Å². The van der Waals surface area contributed by atoms with E-state index in [0.717, 1.165) is 24.0 Å². The Kier molecular flexibility index (Phi) is 4.46. The molecule has 8 heteroatoms. The van der Waals surface area contributed by atoms with Crippen molar-refractivity contribution in [2.75, 3.05) is 11.9 Å². The molecule has 26 heavy (non-hydrogen) atoms. The summed E-state index contributed by atoms with van der Waals surface area (Å²) in [6.07, 6.45) is 5.81. The Hall–Kier alpha value is -1.96. The number of aromatic nitrogens is 1. The van der Waals surface area contributed by atoms with Crippen LogP contribution in [0.2, 0.25) is 5.02 Å². The first-order valence-electron chi connectivity index (χ1n) is 8.51. The van der Waals surface area contributed by atoms with Gasteiger partial charge in [0.15, 0.2) is 0 Å². The quantitative estimate of drug-likeness (QED) is 0.871. The topological polar surface area (TPSA) is 79.4 Å². The Morgan fingerprint density at radius 3 is 2.73 bits per heavy atom. The van der Waals surface area contributed by atoms with Crippen molar-refractivity contribution in [3.8, 4) is 0 Å². The molecule has 1 aromatic carbocycles. The number of carbonyl (C=O) groups is 1. The number of sulfonamides is 1. The van der Waals surface area contributed by atoms with Crippen LogP contribution in [0.5, 0.6) is 0 Å². The van der Waals surface area contributed by atoms with Crippen LogP contribution in [0.1, 0.15) is 36.4 Å². The van der Waals surface area contributed by atoms with Crippen molar-refractivity contribution in [3.63, 3.8) is 0 Å². The molecule has 0 radical (unpaired) electrons. The number of nitrogens with one attached hydrogen (secondary N) is 1. The van der Waals surface area contributed by atoms with Crippen molar-refractivity contribution in [1.82, 2.24) is 9.29 Å². The molecule has 0 spiro atoms. The van der Waals surface area contributed by atoms with E-state index in [1.807, 2.05) is 12.1 Å². The van der Waals surface area contributed by atoms with E-state index >= 15 is 0 Å². The highest BCUT2D eigenvalue weighted by atomic mass is 35.5. The summed E-state index contributed by atoms with van der Waals surface area (Å²) < 4.78 is 28.1. The number of nitrogens with zero attached hydrogens (tertiary/aromatic N) is 2. The van der Waals surface area contributed by atoms with Crippen LogP contribution in [0, 0.1) is 0 Å². The first kappa shape index (κ1) is 17.5. The molecule has 0 saturated carbocycles. The molecule has 0 bridgehead atoms. The van der Waals surface area contributed by atoms with Gasteiger partial charge in [0.25, 0.3) is 0 Å². The molecular weight excluding hydrogens is 374 g/mol. The van der Waals surface area contributed by atoms with Crippen molar-refractivity contribution in [3.05, 3.63) is 52.8 Å². The van der Waals surface area contributed by atoms with Crippen LogP contribution >= 0.6 is 11.6 Å². The minimum absolute atomic E-state index is 0.0427. The number of benzene rings is 1. The molecule has 136 valence electrons. The summed E-state index contributed by atoms with van der Waals surface area (Å²) in [5.41, 5.74) is 2.31. The smallest absolute Gasteiger partial charge is 0.245 e. The SMILES string of the molecule is O=C1CCc2cc(Cl)c(S(=O)(=O)N3CCCC3c3ccncc3)cc2N1. The number of carbonyl (C=O) groups excluding carboxylic acids is 1. The monoisotopic (exact) mass is 391 g/mol. The van der Waals surface area contributed by atoms with Gasteiger partial charge in [0, 0.05) is 31.0 Å². The molecule has 0 aliphatic carbocycles. The number of fused-ring (bicyclic) bond motifs is 1. The highest BCUT2D eigenvalue weighted by Gasteiger charge is 2.37. The van der Waals surface area contributed by atoms with E-state index in [1.165, 1.54) is 10.4 Å². The number of amides is 1. The molecule has 1 aromatic heterocycles. The Balaban J connectivity index is 1.75. The number of hydrogen-bond acceptors (Lipinski definition) is 4. The van der Waals surface area contributed by atoms with Crippen LogP contribution in [0.25, 0.3) is 0 Å². The Morgan fingerprint density at radius 1 is 1.19 bits per heavy atom. The maximum atomic E-state index is 13.3. The van der Waals surface area contributed by atoms with E-state index < -0.39 is 10.0 Å². The summed E-state index contributed by atoms with van der Waals surface area (Å²) in [5.74, 6) is -0.112. The van der Waals surface area contributed by atoms with Crippen LogP contribution in [0.15, 0.2) is 41.6 Å². The van der Waals surface area contributed by atoms with E-state index in [2.05, 4.69) is 10.3 Å². The second kappa shape index (κ2) is 6.64. The third-order valence-electron chi connectivity index (χ3n) is 4.93. The van der Waals surface area contributed by atoms with Crippen LogP contribution < -0.4 is 5.32 Å². The third-order valence-corrected chi connectivity index (χ3v) is 7.31. The lowest BCUT2D eigenvalue weighted by Gasteiger charge is -2.26. The van der Waals surface area contributed by atoms with Crippen molar-refractivity contribution in [2.24, 2.45) is 0 Å². The van der Waals surface area contributed by atoms with Gasteiger partial charge in [0.1, 0.15) is 4.90 Å². The fourth-order valence-corrected chi connectivity index (χ4v) is 5.88. The maximum Gasteiger partial charge on any atom is 0.245 e. The van der Waals surface area contributed by atoms with Crippen molar-refractivity contribution in [2.45, 2.75) is 36.6 Å². The first-order valence-corrected chi connectivity index (χ1v) is 10.3. The summed E-state index contributed by atoms with van der Waals surface area (Å²) >= 11 is 6.33. The maximum absolute atomic E-state index is 13.3. The van der Waals surface area contributed by atoms with E-state index in [4.69, 9.17) is 11.6 Å². The zero-order valence-electron chi connectivity index (χ0n) is 14.0. The first-order chi connectivity index (χ1) is 12.5. The molecule has 1 amide bonds. The third kappa shape index (κ3) is 3.00. The van der Waals surface area contributed by atoms with E-state index in [-0.39, 0.29) is 21.9 Å². The predicted molar refractivity (Wildman–Crippen MR) is 98.5 cm³/mol. The fraction of sp³-hybridized carbons (Fsp3) is 0.333. The van der Waals surface area contributed by atoms with Gasteiger partial charge in [-0.15, -0.1) is 0 Å². The molecule has 1 N–H and O–H groups in total. The minimum atomic E-state index is -3.79. The Bertz CT molecular complexity index is 963. The molecule has 1 atom stereocenters. The summed E-state index contributed by atoms with van der Waals surface area (Å²) in [6.45, 7) is 0.440. The lowest BCUT2D eigenvalue weighted by molar-refractivity contribution is -0.116. The number of rotatable bonds is 3. The molecule has 1 saturated heterocycles. The van der Waals surface area contributed by atoms with Gasteiger partial charge in [-0.3, -0.25) is 9.78 Å². The molecule has 3 heterocycles. The standard InChI is InChI=1S/C18H18ClN3O3S/c19-14-10-13-3-4-18(23)21-15(13)11-17(14)26(24,25)22-9-1-2-16(22)12-5-7-20-8-6-12/h5-8,10-11,16H,1-4,9H2,(H,21,23). The Morgan fingerprint density at radius 2 is 1.96 bits per heavy atom. The average Bonchev–Trinajstić information content (AvgIpc) is 3.13. The van der Waals surface area contributed by atoms with Gasteiger partial charge in [0.05, 0.1) is 11.1 Å². The second-order valence-corrected chi connectivity index (χ2v) is 8.81. The normalized spacial score (nSPS) is 20.7. The van der Waals surface area contributed by atoms with E-state index in [0.29, 0.717) is 25.1 Å². The zero-order chi connectivity index (χ0) is 18.3. The van der Waals surface area contributed by atoms with Crippen LogP contribution in [0.3, 0.4) is 0 Å². The summed E-state index contributed by atoms with van der Waals surface area (Å²) in [7, 11) is -3.79. The lowest BCUT2D eigenvalue weighted by atomic mass is 10.0. The van der Waals surface area contributed by atoms with Gasteiger partial charge in [0.2, 0.25) is 15.9 Å². The van der Waals surface area contributed by atoms with Gasteiger partial charge in [-0.05, 0) is 54.7 Å². The number of aryl methyl sites for hydroxylation is 1. The fourth-order valence-electron chi connectivity index (χ4n) is 3.65. The molecule has 4 rings (SSSR count). The average molecular weight is 392 g/mol. The Labute approximate surface area is 157 Å². The van der Waals surface area contributed by atoms with Crippen molar-refractivity contribution >= 4 is 33.2 Å².